The summed E-state index contributed by atoms with van der Waals surface area (Å²) in [5.74, 6) is -6.23. The first-order chi connectivity index (χ1) is 22.4. The Kier molecular flexibility index (Phi) is 7.97. The van der Waals surface area contributed by atoms with E-state index in [2.05, 4.69) is 11.8 Å². The van der Waals surface area contributed by atoms with Crippen molar-refractivity contribution in [3.63, 3.8) is 0 Å². The molecule has 3 saturated heterocycles. The van der Waals surface area contributed by atoms with Gasteiger partial charge in [0.15, 0.2) is 12.2 Å². The van der Waals surface area contributed by atoms with Gasteiger partial charge in [-0.2, -0.15) is 0 Å². The summed E-state index contributed by atoms with van der Waals surface area (Å²) in [5, 5.41) is 62.6. The van der Waals surface area contributed by atoms with E-state index >= 15 is 0 Å². The van der Waals surface area contributed by atoms with E-state index in [1.165, 1.54) is 0 Å². The zero-order valence-corrected chi connectivity index (χ0v) is 29.4. The highest BCUT2D eigenvalue weighted by Gasteiger charge is 2.87. The number of hydrogen-bond donors (Lipinski definition) is 5. The molecular weight excluding hydrogens is 618 g/mol. The lowest BCUT2D eigenvalue weighted by molar-refractivity contribution is -0.298. The van der Waals surface area contributed by atoms with Crippen LogP contribution in [0.1, 0.15) is 87.0 Å². The number of esters is 2. The van der Waals surface area contributed by atoms with Crippen LogP contribution in [0.2, 0.25) is 0 Å². The normalized spacial score (nSPS) is 54.5. The van der Waals surface area contributed by atoms with Gasteiger partial charge < -0.3 is 39.7 Å². The summed E-state index contributed by atoms with van der Waals surface area (Å²) in [7, 11) is 0. The second kappa shape index (κ2) is 11.1. The standard InChI is InChI=1S/C37H55NO10/c1-8-19(4)31(41)46-26-12-13-33(6)24-14-23(39)29-35(33,48-37(24,26)45)15-22-21-17-38-16-18(3)10-11-25(38)34(7,43)27(21)28(40)30(36(22,29)44)47-32(42)20(5)9-2/h8-9,18,21-30,39-40,43-45H,10-17H2,1-7H3/b19-8-,20-9-/t18-,21-,22-,23+,24-,25-,26-,27+,28+,29+,30-,33-,34+,35+,36-,37-/m0/s1. The molecule has 7 fully saturated rings. The van der Waals surface area contributed by atoms with E-state index in [9.17, 15) is 35.1 Å². The number of piperidine rings is 2. The highest BCUT2D eigenvalue weighted by molar-refractivity contribution is 5.88. The second-order valence-electron chi connectivity index (χ2n) is 17.0. The first-order valence-corrected chi connectivity index (χ1v) is 18.1. The topological polar surface area (TPSA) is 166 Å². The minimum atomic E-state index is -1.95. The van der Waals surface area contributed by atoms with E-state index in [1.807, 2.05) is 6.92 Å². The van der Waals surface area contributed by atoms with Crippen molar-refractivity contribution in [2.45, 2.75) is 140 Å². The van der Waals surface area contributed by atoms with Gasteiger partial charge in [0.25, 0.3) is 0 Å². The Morgan fingerprint density at radius 1 is 0.938 bits per heavy atom. The maximum Gasteiger partial charge on any atom is 0.333 e. The molecule has 5 N–H and O–H groups in total. The number of allylic oxidation sites excluding steroid dienone is 2. The second-order valence-corrected chi connectivity index (χ2v) is 17.0. The van der Waals surface area contributed by atoms with Gasteiger partial charge in [0.1, 0.15) is 5.60 Å². The van der Waals surface area contributed by atoms with E-state index in [4.69, 9.17) is 14.2 Å². The Bertz CT molecular complexity index is 1430. The number of ether oxygens (including phenoxy) is 3. The van der Waals surface area contributed by atoms with E-state index < -0.39 is 93.9 Å². The van der Waals surface area contributed by atoms with Gasteiger partial charge in [0.05, 0.1) is 23.4 Å². The summed E-state index contributed by atoms with van der Waals surface area (Å²) in [6, 6.07) is -0.211. The third kappa shape index (κ3) is 4.24. The fourth-order valence-electron chi connectivity index (χ4n) is 12.3. The minimum Gasteiger partial charge on any atom is -0.453 e. The first-order valence-electron chi connectivity index (χ1n) is 18.1. The van der Waals surface area contributed by atoms with Crippen LogP contribution in [0.4, 0.5) is 0 Å². The summed E-state index contributed by atoms with van der Waals surface area (Å²) >= 11 is 0. The van der Waals surface area contributed by atoms with Crippen molar-refractivity contribution >= 4 is 11.9 Å². The van der Waals surface area contributed by atoms with Crippen LogP contribution in [-0.4, -0.2) is 109 Å². The molecule has 48 heavy (non-hydrogen) atoms. The summed E-state index contributed by atoms with van der Waals surface area (Å²) in [4.78, 5) is 28.7. The molecule has 3 aliphatic heterocycles. The van der Waals surface area contributed by atoms with Crippen LogP contribution in [0.3, 0.4) is 0 Å². The molecule has 0 aromatic rings. The molecule has 11 nitrogen and oxygen atoms in total. The molecule has 4 aliphatic carbocycles. The van der Waals surface area contributed by atoms with Crippen LogP contribution < -0.4 is 0 Å². The predicted molar refractivity (Wildman–Crippen MR) is 173 cm³/mol. The number of rotatable bonds is 4. The molecule has 4 saturated carbocycles. The van der Waals surface area contributed by atoms with Gasteiger partial charge in [-0.15, -0.1) is 0 Å². The lowest BCUT2D eigenvalue weighted by atomic mass is 9.49. The Labute approximate surface area is 283 Å². The largest absolute Gasteiger partial charge is 0.453 e. The van der Waals surface area contributed by atoms with Crippen LogP contribution in [0, 0.1) is 40.9 Å². The molecule has 0 aromatic carbocycles. The lowest BCUT2D eigenvalue weighted by Gasteiger charge is -2.64. The van der Waals surface area contributed by atoms with E-state index in [0.29, 0.717) is 36.5 Å². The quantitative estimate of drug-likeness (QED) is 0.219. The lowest BCUT2D eigenvalue weighted by Crippen LogP contribution is -2.77. The monoisotopic (exact) mass is 673 g/mol. The Morgan fingerprint density at radius 3 is 2.23 bits per heavy atom. The molecule has 7 aliphatic rings. The molecule has 0 amide bonds. The van der Waals surface area contributed by atoms with Crippen molar-refractivity contribution < 1.29 is 49.3 Å². The highest BCUT2D eigenvalue weighted by Crippen LogP contribution is 2.77. The summed E-state index contributed by atoms with van der Waals surface area (Å²) in [6.45, 7) is 14.0. The summed E-state index contributed by atoms with van der Waals surface area (Å²) < 4.78 is 18.9. The molecule has 3 heterocycles. The van der Waals surface area contributed by atoms with Gasteiger partial charge >= 0.3 is 11.9 Å². The van der Waals surface area contributed by atoms with Crippen molar-refractivity contribution in [1.29, 1.82) is 0 Å². The van der Waals surface area contributed by atoms with Gasteiger partial charge in [-0.1, -0.05) is 26.0 Å². The molecule has 0 radical (unpaired) electrons. The maximum atomic E-state index is 13.5. The zero-order valence-electron chi connectivity index (χ0n) is 29.4. The smallest absolute Gasteiger partial charge is 0.333 e. The molecule has 0 aromatic heterocycles. The number of carbonyl (C=O) groups excluding carboxylic acids is 2. The number of fused-ring (bicyclic) bond motifs is 5. The van der Waals surface area contributed by atoms with E-state index in [-0.39, 0.29) is 18.9 Å². The number of hydrogen-bond acceptors (Lipinski definition) is 11. The van der Waals surface area contributed by atoms with Crippen molar-refractivity contribution in [2.75, 3.05) is 13.1 Å². The number of aliphatic hydroxyl groups excluding tert-OH is 2. The summed E-state index contributed by atoms with van der Waals surface area (Å²) in [6.07, 6.45) is 0.976. The molecular formula is C37H55NO10. The average Bonchev–Trinajstić information content (AvgIpc) is 3.31. The molecule has 11 heteroatoms. The van der Waals surface area contributed by atoms with Crippen molar-refractivity contribution in [3.05, 3.63) is 23.3 Å². The van der Waals surface area contributed by atoms with Crippen LogP contribution in [0.15, 0.2) is 23.3 Å². The van der Waals surface area contributed by atoms with Crippen LogP contribution in [0.25, 0.3) is 0 Å². The Morgan fingerprint density at radius 2 is 1.58 bits per heavy atom. The molecule has 16 atom stereocenters. The third-order valence-corrected chi connectivity index (χ3v) is 14.8. The van der Waals surface area contributed by atoms with Gasteiger partial charge in [-0.25, -0.2) is 9.59 Å². The Hall–Kier alpha value is -1.86. The van der Waals surface area contributed by atoms with Crippen molar-refractivity contribution in [3.8, 4) is 0 Å². The van der Waals surface area contributed by atoms with Gasteiger partial charge in [-0.3, -0.25) is 4.90 Å². The molecule has 7 rings (SSSR count). The van der Waals surface area contributed by atoms with Gasteiger partial charge in [-0.05, 0) is 90.9 Å². The fourth-order valence-corrected chi connectivity index (χ4v) is 12.3. The minimum absolute atomic E-state index is 0.0628. The highest BCUT2D eigenvalue weighted by atomic mass is 16.7. The maximum absolute atomic E-state index is 13.5. The van der Waals surface area contributed by atoms with Crippen LogP contribution >= 0.6 is 0 Å². The predicted octanol–water partition coefficient (Wildman–Crippen LogP) is 2.22. The van der Waals surface area contributed by atoms with E-state index in [1.54, 1.807) is 46.8 Å². The molecule has 268 valence electrons. The first kappa shape index (κ1) is 34.6. The Balaban J connectivity index is 1.36. The van der Waals surface area contributed by atoms with Crippen molar-refractivity contribution in [1.82, 2.24) is 4.90 Å². The average molecular weight is 674 g/mol. The van der Waals surface area contributed by atoms with Crippen molar-refractivity contribution in [2.24, 2.45) is 40.9 Å². The molecule has 0 unspecified atom stereocenters. The number of aliphatic hydroxyl groups is 5. The molecule has 1 spiro atoms. The van der Waals surface area contributed by atoms with Crippen LogP contribution in [-0.2, 0) is 23.8 Å². The fraction of sp³-hybridized carbons (Fsp3) is 0.838. The van der Waals surface area contributed by atoms with Gasteiger partial charge in [0, 0.05) is 53.4 Å². The zero-order chi connectivity index (χ0) is 34.9. The SMILES string of the molecule is C/C=C(/C)C(=O)O[C@H]1CC[C@@]2(C)[C@@H]3C[C@@H](O)[C@H]4[C@@]5(O)[C@@H](C[C@@]42O[C@]13O)[C@@H]1CN2C[C@@H](C)CC[C@H]2[C@@](C)(O)[C@H]1[C@@H](O)[C@@H]5OC(=O)/C(C)=C\C. The number of carbonyl (C=O) groups is 2. The van der Waals surface area contributed by atoms with Gasteiger partial charge in [0.2, 0.25) is 5.79 Å². The third-order valence-electron chi connectivity index (χ3n) is 14.8. The molecule has 4 bridgehead atoms. The van der Waals surface area contributed by atoms with Crippen LogP contribution in [0.5, 0.6) is 0 Å². The van der Waals surface area contributed by atoms with E-state index in [0.717, 1.165) is 19.4 Å². The summed E-state index contributed by atoms with van der Waals surface area (Å²) in [5.41, 5.74) is -4.66. The number of nitrogens with zero attached hydrogens (tertiary/aromatic N) is 1.